The van der Waals surface area contributed by atoms with Crippen LogP contribution in [-0.4, -0.2) is 48.7 Å². The maximum atomic E-state index is 12.0. The minimum absolute atomic E-state index is 0.0828. The van der Waals surface area contributed by atoms with Crippen molar-refractivity contribution in [1.29, 1.82) is 0 Å². The van der Waals surface area contributed by atoms with Gasteiger partial charge in [-0.25, -0.2) is 4.79 Å². The zero-order valence-electron chi connectivity index (χ0n) is 14.5. The average molecular weight is 350 g/mol. The maximum Gasteiger partial charge on any atom is 0.338 e. The van der Waals surface area contributed by atoms with Crippen LogP contribution in [0.5, 0.6) is 0 Å². The Hall–Kier alpha value is -1.96. The first-order chi connectivity index (χ1) is 11.9. The molecule has 2 saturated heterocycles. The van der Waals surface area contributed by atoms with E-state index in [0.717, 1.165) is 5.56 Å². The smallest absolute Gasteiger partial charge is 0.338 e. The second kappa shape index (κ2) is 7.11. The van der Waals surface area contributed by atoms with E-state index in [1.54, 1.807) is 13.8 Å². The normalized spacial score (nSPS) is 28.3. The number of hydrogen-bond acceptors (Lipinski definition) is 7. The third-order valence-electron chi connectivity index (χ3n) is 4.01. The van der Waals surface area contributed by atoms with E-state index in [0.29, 0.717) is 6.61 Å². The van der Waals surface area contributed by atoms with Crippen molar-refractivity contribution in [2.45, 2.75) is 57.6 Å². The maximum absolute atomic E-state index is 12.0. The number of esters is 2. The molecule has 3 rings (SSSR count). The number of hydrogen-bond donors (Lipinski definition) is 0. The molecule has 0 spiro atoms. The molecule has 0 unspecified atom stereocenters. The van der Waals surface area contributed by atoms with Crippen molar-refractivity contribution in [1.82, 2.24) is 0 Å². The molecule has 1 aromatic carbocycles. The minimum atomic E-state index is -0.890. The highest BCUT2D eigenvalue weighted by molar-refractivity contribution is 5.78. The number of carbonyl (C=O) groups excluding carboxylic acids is 2. The summed E-state index contributed by atoms with van der Waals surface area (Å²) in [4.78, 5) is 23.5. The lowest BCUT2D eigenvalue weighted by Gasteiger charge is -2.27. The molecule has 2 heterocycles. The van der Waals surface area contributed by atoms with E-state index in [9.17, 15) is 9.59 Å². The van der Waals surface area contributed by atoms with Gasteiger partial charge in [-0.2, -0.15) is 0 Å². The fourth-order valence-electron chi connectivity index (χ4n) is 3.04. The molecule has 2 aliphatic rings. The first-order valence-corrected chi connectivity index (χ1v) is 8.21. The van der Waals surface area contributed by atoms with Crippen molar-refractivity contribution in [3.05, 3.63) is 35.9 Å². The van der Waals surface area contributed by atoms with Gasteiger partial charge in [0, 0.05) is 6.92 Å². The fraction of sp³-hybridized carbons (Fsp3) is 0.556. The SMILES string of the molecule is CC(=O)O[C@@H](COCc1ccccc1)[C@H]1OC(=O)[C@H]2OC(C)(C)O[C@@H]12. The first kappa shape index (κ1) is 17.8. The fourth-order valence-corrected chi connectivity index (χ4v) is 3.04. The number of cyclic esters (lactones) is 1. The highest BCUT2D eigenvalue weighted by atomic mass is 16.8. The van der Waals surface area contributed by atoms with Gasteiger partial charge in [0.25, 0.3) is 0 Å². The predicted molar refractivity (Wildman–Crippen MR) is 85.4 cm³/mol. The topological polar surface area (TPSA) is 80.3 Å². The van der Waals surface area contributed by atoms with Crippen LogP contribution in [0.1, 0.15) is 26.3 Å². The molecular formula is C18H22O7. The summed E-state index contributed by atoms with van der Waals surface area (Å²) in [6, 6.07) is 9.61. The second-order valence-electron chi connectivity index (χ2n) is 6.57. The molecule has 0 radical (unpaired) electrons. The van der Waals surface area contributed by atoms with E-state index in [4.69, 9.17) is 23.7 Å². The van der Waals surface area contributed by atoms with Gasteiger partial charge < -0.3 is 23.7 Å². The first-order valence-electron chi connectivity index (χ1n) is 8.21. The van der Waals surface area contributed by atoms with E-state index in [-0.39, 0.29) is 6.61 Å². The summed E-state index contributed by atoms with van der Waals surface area (Å²) < 4.78 is 27.7. The van der Waals surface area contributed by atoms with Crippen LogP contribution in [0.15, 0.2) is 30.3 Å². The molecule has 7 heteroatoms. The molecule has 7 nitrogen and oxygen atoms in total. The van der Waals surface area contributed by atoms with E-state index in [1.165, 1.54) is 6.92 Å². The summed E-state index contributed by atoms with van der Waals surface area (Å²) in [5, 5.41) is 0. The Balaban J connectivity index is 1.66. The molecule has 2 aliphatic heterocycles. The Labute approximate surface area is 146 Å². The number of carbonyl (C=O) groups is 2. The number of benzene rings is 1. The van der Waals surface area contributed by atoms with Crippen LogP contribution < -0.4 is 0 Å². The summed E-state index contributed by atoms with van der Waals surface area (Å²) >= 11 is 0. The van der Waals surface area contributed by atoms with E-state index < -0.39 is 42.1 Å². The predicted octanol–water partition coefficient (Wildman–Crippen LogP) is 1.58. The number of rotatable bonds is 6. The number of ether oxygens (including phenoxy) is 5. The molecule has 25 heavy (non-hydrogen) atoms. The Morgan fingerprint density at radius 3 is 2.64 bits per heavy atom. The van der Waals surface area contributed by atoms with E-state index in [2.05, 4.69) is 0 Å². The molecule has 0 bridgehead atoms. The lowest BCUT2D eigenvalue weighted by molar-refractivity contribution is -0.200. The summed E-state index contributed by atoms with van der Waals surface area (Å²) in [7, 11) is 0. The van der Waals surface area contributed by atoms with Crippen molar-refractivity contribution in [3.8, 4) is 0 Å². The van der Waals surface area contributed by atoms with Crippen LogP contribution in [0.2, 0.25) is 0 Å². The number of fused-ring (bicyclic) bond motifs is 1. The molecular weight excluding hydrogens is 328 g/mol. The van der Waals surface area contributed by atoms with Gasteiger partial charge >= 0.3 is 11.9 Å². The Kier molecular flexibility index (Phi) is 5.08. The summed E-state index contributed by atoms with van der Waals surface area (Å²) in [5.41, 5.74) is 0.993. The quantitative estimate of drug-likeness (QED) is 0.721. The molecule has 0 saturated carbocycles. The van der Waals surface area contributed by atoms with Crippen molar-refractivity contribution in [2.24, 2.45) is 0 Å². The highest BCUT2D eigenvalue weighted by Gasteiger charge is 2.58. The van der Waals surface area contributed by atoms with Crippen molar-refractivity contribution in [2.75, 3.05) is 6.61 Å². The van der Waals surface area contributed by atoms with Gasteiger partial charge in [0.15, 0.2) is 24.1 Å². The van der Waals surface area contributed by atoms with Crippen LogP contribution >= 0.6 is 0 Å². The standard InChI is InChI=1S/C18H22O7/c1-11(19)22-13(10-21-9-12-7-5-4-6-8-12)14-15-16(17(20)23-14)25-18(2,3)24-15/h4-8,13-16H,9-10H2,1-3H3/t13-,14+,15-,16-/m0/s1. The van der Waals surface area contributed by atoms with Gasteiger partial charge in [0.1, 0.15) is 6.10 Å². The van der Waals surface area contributed by atoms with Crippen LogP contribution in [0, 0.1) is 0 Å². The Morgan fingerprint density at radius 2 is 1.96 bits per heavy atom. The molecule has 136 valence electrons. The zero-order valence-corrected chi connectivity index (χ0v) is 14.5. The van der Waals surface area contributed by atoms with Crippen molar-refractivity contribution >= 4 is 11.9 Å². The third kappa shape index (κ3) is 4.18. The molecule has 0 amide bonds. The van der Waals surface area contributed by atoms with Crippen LogP contribution in [0.3, 0.4) is 0 Å². The van der Waals surface area contributed by atoms with Crippen LogP contribution in [-0.2, 0) is 39.9 Å². The Morgan fingerprint density at radius 1 is 1.24 bits per heavy atom. The van der Waals surface area contributed by atoms with Gasteiger partial charge in [-0.15, -0.1) is 0 Å². The molecule has 2 fully saturated rings. The van der Waals surface area contributed by atoms with E-state index >= 15 is 0 Å². The van der Waals surface area contributed by atoms with Gasteiger partial charge in [0.2, 0.25) is 0 Å². The summed E-state index contributed by atoms with van der Waals surface area (Å²) in [6.45, 7) is 5.19. The van der Waals surface area contributed by atoms with Crippen molar-refractivity contribution in [3.63, 3.8) is 0 Å². The Bertz CT molecular complexity index is 628. The minimum Gasteiger partial charge on any atom is -0.456 e. The van der Waals surface area contributed by atoms with Crippen LogP contribution in [0.25, 0.3) is 0 Å². The second-order valence-corrected chi connectivity index (χ2v) is 6.57. The molecule has 1 aromatic rings. The van der Waals surface area contributed by atoms with Gasteiger partial charge in [-0.1, -0.05) is 30.3 Å². The lowest BCUT2D eigenvalue weighted by atomic mass is 10.1. The highest BCUT2D eigenvalue weighted by Crippen LogP contribution is 2.37. The summed E-state index contributed by atoms with van der Waals surface area (Å²) in [5.74, 6) is -1.88. The summed E-state index contributed by atoms with van der Waals surface area (Å²) in [6.07, 6.45) is -2.98. The van der Waals surface area contributed by atoms with Gasteiger partial charge in [-0.3, -0.25) is 4.79 Å². The monoisotopic (exact) mass is 350 g/mol. The third-order valence-corrected chi connectivity index (χ3v) is 4.01. The van der Waals surface area contributed by atoms with E-state index in [1.807, 2.05) is 30.3 Å². The lowest BCUT2D eigenvalue weighted by Crippen LogP contribution is -2.43. The molecule has 0 aromatic heterocycles. The molecule has 4 atom stereocenters. The molecule has 0 aliphatic carbocycles. The zero-order chi connectivity index (χ0) is 18.0. The van der Waals surface area contributed by atoms with Gasteiger partial charge in [0.05, 0.1) is 13.2 Å². The largest absolute Gasteiger partial charge is 0.456 e. The molecule has 0 N–H and O–H groups in total. The van der Waals surface area contributed by atoms with Crippen LogP contribution in [0.4, 0.5) is 0 Å². The average Bonchev–Trinajstić information content (AvgIpc) is 3.01. The van der Waals surface area contributed by atoms with Crippen molar-refractivity contribution < 1.29 is 33.3 Å². The van der Waals surface area contributed by atoms with Gasteiger partial charge in [-0.05, 0) is 19.4 Å².